The molecule has 0 spiro atoms. The van der Waals surface area contributed by atoms with Crippen molar-refractivity contribution in [2.75, 3.05) is 5.32 Å². The molecule has 25 heavy (non-hydrogen) atoms. The zero-order valence-corrected chi connectivity index (χ0v) is 15.2. The quantitative estimate of drug-likeness (QED) is 0.801. The minimum Gasteiger partial charge on any atom is -0.359 e. The van der Waals surface area contributed by atoms with Gasteiger partial charge in [0.1, 0.15) is 5.78 Å². The number of para-hydroxylation sites is 1. The van der Waals surface area contributed by atoms with Crippen LogP contribution >= 0.6 is 0 Å². The molecule has 1 amide bonds. The number of hydrogen-bond acceptors (Lipinski definition) is 2. The molecule has 0 atom stereocenters. The van der Waals surface area contributed by atoms with E-state index in [1.54, 1.807) is 0 Å². The smallest absolute Gasteiger partial charge is 0.256 e. The van der Waals surface area contributed by atoms with Crippen molar-refractivity contribution in [2.24, 2.45) is 5.92 Å². The molecule has 1 aromatic heterocycles. The third-order valence-corrected chi connectivity index (χ3v) is 4.90. The summed E-state index contributed by atoms with van der Waals surface area (Å²) in [6.45, 7) is 7.94. The van der Waals surface area contributed by atoms with E-state index in [0.29, 0.717) is 12.0 Å². The van der Waals surface area contributed by atoms with Gasteiger partial charge in [-0.3, -0.25) is 9.59 Å². The van der Waals surface area contributed by atoms with E-state index in [2.05, 4.69) is 10.3 Å². The summed E-state index contributed by atoms with van der Waals surface area (Å²) in [7, 11) is 0. The van der Waals surface area contributed by atoms with Crippen LogP contribution in [0, 0.1) is 19.8 Å². The second-order valence-corrected chi connectivity index (χ2v) is 6.95. The standard InChI is InChI=1S/C21H24N2O2/c1-12(2)20(24)10-9-15-13(3)19(22-14(15)4)11-17-16-7-5-6-8-18(16)23-21(17)25/h5-8,11-12,22H,9-10H2,1-4H3,(H,23,25)/b17-11-. The lowest BCUT2D eigenvalue weighted by Gasteiger charge is -2.05. The normalized spacial score (nSPS) is 14.9. The molecule has 1 aliphatic heterocycles. The van der Waals surface area contributed by atoms with Gasteiger partial charge in [-0.2, -0.15) is 0 Å². The number of amides is 1. The molecule has 0 saturated carbocycles. The van der Waals surface area contributed by atoms with Crippen LogP contribution in [0.4, 0.5) is 5.69 Å². The van der Waals surface area contributed by atoms with Gasteiger partial charge in [0.15, 0.2) is 0 Å². The predicted molar refractivity (Wildman–Crippen MR) is 101 cm³/mol. The van der Waals surface area contributed by atoms with Crippen LogP contribution in [0.15, 0.2) is 24.3 Å². The molecule has 0 aliphatic carbocycles. The Morgan fingerprint density at radius 1 is 1.20 bits per heavy atom. The molecule has 0 radical (unpaired) electrons. The number of fused-ring (bicyclic) bond motifs is 1. The number of aromatic nitrogens is 1. The van der Waals surface area contributed by atoms with Gasteiger partial charge in [-0.15, -0.1) is 0 Å². The summed E-state index contributed by atoms with van der Waals surface area (Å²) in [6.07, 6.45) is 3.20. The van der Waals surface area contributed by atoms with Crippen molar-refractivity contribution in [2.45, 2.75) is 40.5 Å². The maximum absolute atomic E-state index is 12.3. The van der Waals surface area contributed by atoms with Gasteiger partial charge < -0.3 is 10.3 Å². The zero-order valence-electron chi connectivity index (χ0n) is 15.2. The van der Waals surface area contributed by atoms with Crippen LogP contribution in [0.2, 0.25) is 0 Å². The molecule has 1 aromatic carbocycles. The van der Waals surface area contributed by atoms with Crippen molar-refractivity contribution >= 4 is 29.0 Å². The zero-order chi connectivity index (χ0) is 18.1. The van der Waals surface area contributed by atoms with Crippen LogP contribution in [0.1, 0.15) is 48.3 Å². The van der Waals surface area contributed by atoms with Crippen molar-refractivity contribution in [1.29, 1.82) is 0 Å². The number of H-pyrrole nitrogens is 1. The van der Waals surface area contributed by atoms with Gasteiger partial charge in [-0.05, 0) is 43.5 Å². The van der Waals surface area contributed by atoms with E-state index in [-0.39, 0.29) is 17.6 Å². The van der Waals surface area contributed by atoms with Crippen LogP contribution in [-0.2, 0) is 16.0 Å². The predicted octanol–water partition coefficient (Wildman–Crippen LogP) is 4.28. The first-order valence-electron chi connectivity index (χ1n) is 8.71. The minimum atomic E-state index is -0.0793. The van der Waals surface area contributed by atoms with Crippen LogP contribution in [0.5, 0.6) is 0 Å². The first-order chi connectivity index (χ1) is 11.9. The van der Waals surface area contributed by atoms with Gasteiger partial charge in [0.2, 0.25) is 0 Å². The number of Topliss-reactive ketones (excluding diaryl/α,β-unsaturated/α-hetero) is 1. The van der Waals surface area contributed by atoms with Crippen molar-refractivity contribution < 1.29 is 9.59 Å². The molecule has 4 heteroatoms. The summed E-state index contributed by atoms with van der Waals surface area (Å²) in [5.74, 6) is 0.272. The molecule has 4 nitrogen and oxygen atoms in total. The van der Waals surface area contributed by atoms with E-state index in [1.165, 1.54) is 5.56 Å². The molecule has 2 heterocycles. The highest BCUT2D eigenvalue weighted by Gasteiger charge is 2.24. The highest BCUT2D eigenvalue weighted by molar-refractivity contribution is 6.34. The summed E-state index contributed by atoms with van der Waals surface area (Å²) >= 11 is 0. The molecule has 3 rings (SSSR count). The second kappa shape index (κ2) is 6.71. The molecule has 0 saturated heterocycles. The number of benzene rings is 1. The maximum Gasteiger partial charge on any atom is 0.256 e. The highest BCUT2D eigenvalue weighted by Crippen LogP contribution is 2.33. The van der Waals surface area contributed by atoms with Crippen molar-refractivity contribution in [3.05, 3.63) is 52.3 Å². The van der Waals surface area contributed by atoms with Crippen LogP contribution < -0.4 is 5.32 Å². The molecule has 130 valence electrons. The topological polar surface area (TPSA) is 62.0 Å². The van der Waals surface area contributed by atoms with Gasteiger partial charge in [-0.25, -0.2) is 0 Å². The number of hydrogen-bond donors (Lipinski definition) is 2. The van der Waals surface area contributed by atoms with Crippen molar-refractivity contribution in [3.63, 3.8) is 0 Å². The molecule has 1 aliphatic rings. The number of rotatable bonds is 5. The molecule has 0 bridgehead atoms. The van der Waals surface area contributed by atoms with E-state index in [4.69, 9.17) is 0 Å². The number of carbonyl (C=O) groups excluding carboxylic acids is 2. The lowest BCUT2D eigenvalue weighted by molar-refractivity contribution is -0.121. The van der Waals surface area contributed by atoms with Crippen molar-refractivity contribution in [3.8, 4) is 0 Å². The Hall–Kier alpha value is -2.62. The molecule has 2 aromatic rings. The fourth-order valence-electron chi connectivity index (χ4n) is 3.30. The first-order valence-corrected chi connectivity index (χ1v) is 8.71. The minimum absolute atomic E-state index is 0.0693. The van der Waals surface area contributed by atoms with E-state index < -0.39 is 0 Å². The van der Waals surface area contributed by atoms with Crippen LogP contribution in [0.25, 0.3) is 11.6 Å². The Labute approximate surface area is 148 Å². The van der Waals surface area contributed by atoms with E-state index in [1.807, 2.05) is 58.0 Å². The summed E-state index contributed by atoms with van der Waals surface area (Å²) in [6, 6.07) is 7.70. The summed E-state index contributed by atoms with van der Waals surface area (Å²) in [4.78, 5) is 27.6. The van der Waals surface area contributed by atoms with Crippen molar-refractivity contribution in [1.82, 2.24) is 4.98 Å². The van der Waals surface area contributed by atoms with Gasteiger partial charge >= 0.3 is 0 Å². The van der Waals surface area contributed by atoms with Gasteiger partial charge in [0.05, 0.1) is 5.57 Å². The maximum atomic E-state index is 12.3. The summed E-state index contributed by atoms with van der Waals surface area (Å²) < 4.78 is 0. The average molecular weight is 336 g/mol. The lowest BCUT2D eigenvalue weighted by atomic mass is 9.98. The van der Waals surface area contributed by atoms with E-state index in [9.17, 15) is 9.59 Å². The summed E-state index contributed by atoms with van der Waals surface area (Å²) in [5.41, 5.74) is 6.73. The molecular formula is C21H24N2O2. The number of aryl methyl sites for hydroxylation is 1. The Morgan fingerprint density at radius 3 is 2.64 bits per heavy atom. The lowest BCUT2D eigenvalue weighted by Crippen LogP contribution is -2.08. The highest BCUT2D eigenvalue weighted by atomic mass is 16.2. The van der Waals surface area contributed by atoms with E-state index in [0.717, 1.165) is 34.6 Å². The molecule has 0 unspecified atom stereocenters. The number of anilines is 1. The fraction of sp³-hybridized carbons (Fsp3) is 0.333. The third-order valence-electron chi connectivity index (χ3n) is 4.90. The first kappa shape index (κ1) is 17.2. The fourth-order valence-corrected chi connectivity index (χ4v) is 3.30. The molecular weight excluding hydrogens is 312 g/mol. The van der Waals surface area contributed by atoms with Gasteiger partial charge in [-0.1, -0.05) is 32.0 Å². The van der Waals surface area contributed by atoms with Crippen LogP contribution in [0.3, 0.4) is 0 Å². The van der Waals surface area contributed by atoms with Gasteiger partial charge in [0, 0.05) is 35.0 Å². The Morgan fingerprint density at radius 2 is 1.92 bits per heavy atom. The largest absolute Gasteiger partial charge is 0.359 e. The molecule has 2 N–H and O–H groups in total. The average Bonchev–Trinajstić information content (AvgIpc) is 3.03. The number of ketones is 1. The number of nitrogens with one attached hydrogen (secondary N) is 2. The molecule has 0 fully saturated rings. The second-order valence-electron chi connectivity index (χ2n) is 6.95. The Kier molecular flexibility index (Phi) is 4.62. The summed E-state index contributed by atoms with van der Waals surface area (Å²) in [5, 5.41) is 2.90. The van der Waals surface area contributed by atoms with Gasteiger partial charge in [0.25, 0.3) is 5.91 Å². The third kappa shape index (κ3) is 3.29. The van der Waals surface area contributed by atoms with E-state index >= 15 is 0 Å². The Bertz CT molecular complexity index is 872. The number of carbonyl (C=O) groups is 2. The Balaban J connectivity index is 1.91. The monoisotopic (exact) mass is 336 g/mol. The SMILES string of the molecule is Cc1[nH]c(/C=C2\C(=O)Nc3ccccc32)c(C)c1CCC(=O)C(C)C. The number of aromatic amines is 1. The van der Waals surface area contributed by atoms with Crippen LogP contribution in [-0.4, -0.2) is 16.7 Å².